The second kappa shape index (κ2) is 7.04. The molecule has 2 rings (SSSR count). The minimum atomic E-state index is -0.580. The van der Waals surface area contributed by atoms with Crippen molar-refractivity contribution in [1.29, 1.82) is 5.26 Å². The number of nitrogens with one attached hydrogen (secondary N) is 1. The molecule has 7 heteroatoms. The summed E-state index contributed by atoms with van der Waals surface area (Å²) in [4.78, 5) is 21.9. The van der Waals surface area contributed by atoms with Gasteiger partial charge in [0, 0.05) is 12.1 Å². The van der Waals surface area contributed by atoms with Crippen molar-refractivity contribution >= 4 is 17.3 Å². The van der Waals surface area contributed by atoms with E-state index in [1.54, 1.807) is 24.3 Å². The fourth-order valence-electron chi connectivity index (χ4n) is 1.91. The minimum absolute atomic E-state index is 0.196. The second-order valence-electron chi connectivity index (χ2n) is 4.77. The van der Waals surface area contributed by atoms with Crippen LogP contribution in [0, 0.1) is 28.4 Å². The van der Waals surface area contributed by atoms with Gasteiger partial charge >= 0.3 is 0 Å². The van der Waals surface area contributed by atoms with Crippen LogP contribution in [0.5, 0.6) is 11.5 Å². The number of anilines is 1. The molecule has 0 aliphatic rings. The maximum atomic E-state index is 11.5. The molecule has 2 aromatic rings. The van der Waals surface area contributed by atoms with E-state index in [0.717, 1.165) is 5.56 Å². The molecule has 0 saturated heterocycles. The summed E-state index contributed by atoms with van der Waals surface area (Å²) in [5.41, 5.74) is 0.958. The molecule has 0 fully saturated rings. The Morgan fingerprint density at radius 1 is 1.30 bits per heavy atom. The summed E-state index contributed by atoms with van der Waals surface area (Å²) < 4.78 is 5.61. The van der Waals surface area contributed by atoms with Crippen LogP contribution in [-0.4, -0.2) is 10.8 Å². The van der Waals surface area contributed by atoms with Gasteiger partial charge in [-0.3, -0.25) is 14.9 Å². The molecule has 1 N–H and O–H groups in total. The van der Waals surface area contributed by atoms with Gasteiger partial charge < -0.3 is 10.1 Å². The van der Waals surface area contributed by atoms with Crippen molar-refractivity contribution in [3.63, 3.8) is 0 Å². The van der Waals surface area contributed by atoms with Gasteiger partial charge in [0.05, 0.1) is 22.7 Å². The van der Waals surface area contributed by atoms with E-state index < -0.39 is 10.8 Å². The monoisotopic (exact) mass is 311 g/mol. The zero-order valence-corrected chi connectivity index (χ0v) is 12.3. The van der Waals surface area contributed by atoms with Crippen LogP contribution in [0.25, 0.3) is 0 Å². The highest BCUT2D eigenvalue weighted by atomic mass is 16.6. The van der Waals surface area contributed by atoms with Crippen LogP contribution in [0.15, 0.2) is 42.5 Å². The van der Waals surface area contributed by atoms with Gasteiger partial charge in [-0.15, -0.1) is 0 Å². The molecule has 2 aromatic carbocycles. The fourth-order valence-corrected chi connectivity index (χ4v) is 1.91. The van der Waals surface area contributed by atoms with Crippen molar-refractivity contribution in [1.82, 2.24) is 0 Å². The van der Waals surface area contributed by atoms with Crippen molar-refractivity contribution in [3.05, 3.63) is 58.1 Å². The van der Waals surface area contributed by atoms with Gasteiger partial charge in [-0.25, -0.2) is 0 Å². The summed E-state index contributed by atoms with van der Waals surface area (Å²) >= 11 is 0. The third-order valence-corrected chi connectivity index (χ3v) is 2.85. The molecule has 0 spiro atoms. The molecule has 116 valence electrons. The number of nitriles is 1. The average Bonchev–Trinajstić information content (AvgIpc) is 2.47. The Morgan fingerprint density at radius 2 is 2.09 bits per heavy atom. The number of aryl methyl sites for hydroxylation is 1. The molecule has 7 nitrogen and oxygen atoms in total. The number of nitro benzene ring substituents is 1. The van der Waals surface area contributed by atoms with Gasteiger partial charge in [0.25, 0.3) is 5.69 Å². The van der Waals surface area contributed by atoms with E-state index in [1.165, 1.54) is 18.2 Å². The quantitative estimate of drug-likeness (QED) is 0.671. The number of non-ortho nitro benzene ring substituents is 1. The zero-order chi connectivity index (χ0) is 16.8. The maximum Gasteiger partial charge on any atom is 0.275 e. The van der Waals surface area contributed by atoms with Gasteiger partial charge in [-0.05, 0) is 24.6 Å². The number of rotatable bonds is 5. The smallest absolute Gasteiger partial charge is 0.275 e. The Bertz CT molecular complexity index is 796. The summed E-state index contributed by atoms with van der Waals surface area (Å²) in [6, 6.07) is 12.9. The Morgan fingerprint density at radius 3 is 2.74 bits per heavy atom. The normalized spacial score (nSPS) is 9.74. The highest BCUT2D eigenvalue weighted by molar-refractivity contribution is 5.92. The molecule has 0 aliphatic carbocycles. The molecule has 0 bridgehead atoms. The first-order chi connectivity index (χ1) is 11.0. The fraction of sp³-hybridized carbons (Fsp3) is 0.125. The lowest BCUT2D eigenvalue weighted by molar-refractivity contribution is -0.384. The molecule has 23 heavy (non-hydrogen) atoms. The van der Waals surface area contributed by atoms with Gasteiger partial charge in [0.1, 0.15) is 17.9 Å². The largest absolute Gasteiger partial charge is 0.457 e. The third-order valence-electron chi connectivity index (χ3n) is 2.85. The number of hydrogen-bond donors (Lipinski definition) is 1. The predicted octanol–water partition coefficient (Wildman–Crippen LogP) is 3.55. The molecule has 0 aliphatic heterocycles. The summed E-state index contributed by atoms with van der Waals surface area (Å²) in [6.45, 7) is 1.90. The molecule has 0 unspecified atom stereocenters. The van der Waals surface area contributed by atoms with Crippen molar-refractivity contribution in [2.45, 2.75) is 13.3 Å². The van der Waals surface area contributed by atoms with Gasteiger partial charge in [0.15, 0.2) is 0 Å². The van der Waals surface area contributed by atoms with Crippen molar-refractivity contribution in [2.75, 3.05) is 5.32 Å². The number of nitro groups is 1. The van der Waals surface area contributed by atoms with E-state index in [-0.39, 0.29) is 23.5 Å². The summed E-state index contributed by atoms with van der Waals surface area (Å²) in [5.74, 6) is 0.200. The van der Waals surface area contributed by atoms with E-state index in [4.69, 9.17) is 10.00 Å². The lowest BCUT2D eigenvalue weighted by Gasteiger charge is -2.09. The Hall–Kier alpha value is -3.40. The average molecular weight is 311 g/mol. The van der Waals surface area contributed by atoms with E-state index in [1.807, 2.05) is 13.0 Å². The third kappa shape index (κ3) is 4.54. The Labute approximate surface area is 132 Å². The van der Waals surface area contributed by atoms with Gasteiger partial charge in [-0.2, -0.15) is 5.26 Å². The number of nitrogens with zero attached hydrogens (tertiary/aromatic N) is 2. The predicted molar refractivity (Wildman–Crippen MR) is 83.2 cm³/mol. The van der Waals surface area contributed by atoms with Gasteiger partial charge in [0.2, 0.25) is 5.91 Å². The van der Waals surface area contributed by atoms with Crippen molar-refractivity contribution < 1.29 is 14.5 Å². The van der Waals surface area contributed by atoms with E-state index in [9.17, 15) is 14.9 Å². The SMILES string of the molecule is Cc1cccc(Oc2cc(NC(=O)CC#N)cc([N+](=O)[O-])c2)c1. The first-order valence-corrected chi connectivity index (χ1v) is 6.69. The van der Waals surface area contributed by atoms with Crippen LogP contribution >= 0.6 is 0 Å². The Balaban J connectivity index is 2.31. The summed E-state index contributed by atoms with van der Waals surface area (Å²) in [6.07, 6.45) is -0.337. The minimum Gasteiger partial charge on any atom is -0.457 e. The van der Waals surface area contributed by atoms with Gasteiger partial charge in [-0.1, -0.05) is 12.1 Å². The zero-order valence-electron chi connectivity index (χ0n) is 12.3. The van der Waals surface area contributed by atoms with Crippen LogP contribution < -0.4 is 10.1 Å². The first-order valence-electron chi connectivity index (χ1n) is 6.69. The first kappa shape index (κ1) is 16.0. The second-order valence-corrected chi connectivity index (χ2v) is 4.77. The highest BCUT2D eigenvalue weighted by Gasteiger charge is 2.13. The summed E-state index contributed by atoms with van der Waals surface area (Å²) in [5, 5.41) is 21.9. The molecule has 0 atom stereocenters. The number of carbonyl (C=O) groups excluding carboxylic acids is 1. The van der Waals surface area contributed by atoms with E-state index >= 15 is 0 Å². The Kier molecular flexibility index (Phi) is 4.89. The number of amides is 1. The molecule has 0 aromatic heterocycles. The molecule has 0 saturated carbocycles. The summed E-state index contributed by atoms with van der Waals surface area (Å²) in [7, 11) is 0. The lowest BCUT2D eigenvalue weighted by atomic mass is 10.2. The molecular formula is C16H13N3O4. The van der Waals surface area contributed by atoms with Crippen LogP contribution in [0.1, 0.15) is 12.0 Å². The highest BCUT2D eigenvalue weighted by Crippen LogP contribution is 2.30. The van der Waals surface area contributed by atoms with Crippen molar-refractivity contribution in [2.24, 2.45) is 0 Å². The maximum absolute atomic E-state index is 11.5. The van der Waals surface area contributed by atoms with Crippen LogP contribution in [0.3, 0.4) is 0 Å². The topological polar surface area (TPSA) is 105 Å². The number of ether oxygens (including phenoxy) is 1. The van der Waals surface area contributed by atoms with Crippen LogP contribution in [0.2, 0.25) is 0 Å². The lowest BCUT2D eigenvalue weighted by Crippen LogP contribution is -2.10. The van der Waals surface area contributed by atoms with Crippen LogP contribution in [0.4, 0.5) is 11.4 Å². The van der Waals surface area contributed by atoms with Crippen molar-refractivity contribution in [3.8, 4) is 17.6 Å². The number of hydrogen-bond acceptors (Lipinski definition) is 5. The van der Waals surface area contributed by atoms with E-state index in [0.29, 0.717) is 5.75 Å². The van der Waals surface area contributed by atoms with E-state index in [2.05, 4.69) is 5.32 Å². The number of carbonyl (C=O) groups is 1. The molecule has 1 amide bonds. The molecule has 0 heterocycles. The van der Waals surface area contributed by atoms with Crippen LogP contribution in [-0.2, 0) is 4.79 Å². The molecular weight excluding hydrogens is 298 g/mol. The molecule has 0 radical (unpaired) electrons. The number of benzene rings is 2. The standard InChI is InChI=1S/C16H13N3O4/c1-11-3-2-4-14(7-11)23-15-9-12(18-16(20)5-6-17)8-13(10-15)19(21)22/h2-4,7-10H,5H2,1H3,(H,18,20).